The van der Waals surface area contributed by atoms with Crippen molar-refractivity contribution in [2.24, 2.45) is 0 Å². The Hall–Kier alpha value is -3.04. The maximum absolute atomic E-state index is 12.5. The highest BCUT2D eigenvalue weighted by Gasteiger charge is 2.30. The van der Waals surface area contributed by atoms with Gasteiger partial charge in [0.05, 0.1) is 5.92 Å². The Morgan fingerprint density at radius 1 is 1.29 bits per heavy atom. The Morgan fingerprint density at radius 2 is 2.11 bits per heavy atom. The van der Waals surface area contributed by atoms with E-state index >= 15 is 0 Å². The number of fused-ring (bicyclic) bond motifs is 1. The second-order valence-electron chi connectivity index (χ2n) is 6.75. The molecule has 148 valence electrons. The minimum atomic E-state index is -4.37. The number of anilines is 1. The number of alkyl halides is 3. The zero-order valence-corrected chi connectivity index (χ0v) is 14.8. The highest BCUT2D eigenvalue weighted by atomic mass is 19.4. The van der Waals surface area contributed by atoms with Gasteiger partial charge in [-0.1, -0.05) is 12.1 Å². The maximum Gasteiger partial charge on any atom is 0.408 e. The average Bonchev–Trinajstić information content (AvgIpc) is 3.27. The Bertz CT molecular complexity index is 948. The number of hydrogen-bond donors (Lipinski definition) is 1. The van der Waals surface area contributed by atoms with Crippen LogP contribution in [0.2, 0.25) is 0 Å². The monoisotopic (exact) mass is 393 g/mol. The number of nitrogens with zero attached hydrogens (tertiary/aromatic N) is 4. The van der Waals surface area contributed by atoms with E-state index in [1.54, 1.807) is 4.90 Å². The summed E-state index contributed by atoms with van der Waals surface area (Å²) in [6.45, 7) is -0.236. The second kappa shape index (κ2) is 7.17. The summed E-state index contributed by atoms with van der Waals surface area (Å²) >= 11 is 0. The summed E-state index contributed by atoms with van der Waals surface area (Å²) in [6.07, 6.45) is -1.57. The van der Waals surface area contributed by atoms with Crippen LogP contribution in [0.5, 0.6) is 0 Å². The van der Waals surface area contributed by atoms with Gasteiger partial charge in [0, 0.05) is 25.4 Å². The molecule has 1 saturated heterocycles. The third kappa shape index (κ3) is 4.10. The van der Waals surface area contributed by atoms with Crippen LogP contribution in [-0.2, 0) is 6.54 Å². The first-order chi connectivity index (χ1) is 13.4. The van der Waals surface area contributed by atoms with Crippen LogP contribution < -0.4 is 5.32 Å². The molecule has 1 aromatic carbocycles. The predicted molar refractivity (Wildman–Crippen MR) is 94.9 cm³/mol. The number of aromatic nitrogens is 3. The molecular formula is C18H18F3N5O2. The standard InChI is InChI=1S/C18H18F3N5O2/c19-18(20,21)11-26-9-7-15(24-26)23-17(27)25-8-3-4-12(10-25)16-22-13-5-1-2-6-14(13)28-16/h1-2,5-7,9,12H,3-4,8,10-11H2,(H,23,24,27). The molecule has 2 aromatic heterocycles. The molecule has 7 nitrogen and oxygen atoms in total. The summed E-state index contributed by atoms with van der Waals surface area (Å²) in [5.74, 6) is 0.640. The van der Waals surface area contributed by atoms with Crippen LogP contribution >= 0.6 is 0 Å². The number of carbonyl (C=O) groups excluding carboxylic acids is 1. The van der Waals surface area contributed by atoms with Crippen molar-refractivity contribution in [2.75, 3.05) is 18.4 Å². The summed E-state index contributed by atoms with van der Waals surface area (Å²) in [5.41, 5.74) is 1.48. The minimum Gasteiger partial charge on any atom is -0.440 e. The largest absolute Gasteiger partial charge is 0.440 e. The lowest BCUT2D eigenvalue weighted by atomic mass is 9.98. The molecule has 3 aromatic rings. The van der Waals surface area contributed by atoms with E-state index in [2.05, 4.69) is 15.4 Å². The number of piperidine rings is 1. The molecule has 0 radical (unpaired) electrons. The number of halogens is 3. The lowest BCUT2D eigenvalue weighted by Crippen LogP contribution is -2.41. The van der Waals surface area contributed by atoms with Gasteiger partial charge in [-0.3, -0.25) is 10.00 Å². The van der Waals surface area contributed by atoms with E-state index in [0.717, 1.165) is 23.0 Å². The predicted octanol–water partition coefficient (Wildman–Crippen LogP) is 4.00. The summed E-state index contributed by atoms with van der Waals surface area (Å²) in [6, 6.07) is 8.40. The van der Waals surface area contributed by atoms with Gasteiger partial charge < -0.3 is 9.32 Å². The molecule has 1 unspecified atom stereocenters. The van der Waals surface area contributed by atoms with Gasteiger partial charge in [-0.05, 0) is 25.0 Å². The van der Waals surface area contributed by atoms with E-state index in [4.69, 9.17) is 4.42 Å². The fourth-order valence-corrected chi connectivity index (χ4v) is 3.32. The van der Waals surface area contributed by atoms with Crippen molar-refractivity contribution in [3.63, 3.8) is 0 Å². The van der Waals surface area contributed by atoms with E-state index in [0.29, 0.717) is 24.6 Å². The molecule has 3 heterocycles. The molecule has 0 aliphatic carbocycles. The van der Waals surface area contributed by atoms with Crippen molar-refractivity contribution in [3.8, 4) is 0 Å². The van der Waals surface area contributed by atoms with E-state index in [9.17, 15) is 18.0 Å². The summed E-state index contributed by atoms with van der Waals surface area (Å²) in [7, 11) is 0. The van der Waals surface area contributed by atoms with E-state index in [-0.39, 0.29) is 11.7 Å². The maximum atomic E-state index is 12.5. The van der Waals surface area contributed by atoms with Gasteiger partial charge in [0.2, 0.25) is 0 Å². The third-order valence-corrected chi connectivity index (χ3v) is 4.59. The van der Waals surface area contributed by atoms with Crippen LogP contribution in [0.25, 0.3) is 11.1 Å². The van der Waals surface area contributed by atoms with Gasteiger partial charge in [0.1, 0.15) is 12.1 Å². The molecule has 1 fully saturated rings. The Balaban J connectivity index is 1.40. The smallest absolute Gasteiger partial charge is 0.408 e. The number of likely N-dealkylation sites (tertiary alicyclic amines) is 1. The number of hydrogen-bond acceptors (Lipinski definition) is 4. The molecule has 1 atom stereocenters. The SMILES string of the molecule is O=C(Nc1ccn(CC(F)(F)F)n1)N1CCCC(c2nc3ccccc3o2)C1. The van der Waals surface area contributed by atoms with Crippen molar-refractivity contribution in [1.82, 2.24) is 19.7 Å². The molecule has 2 amide bonds. The van der Waals surface area contributed by atoms with Crippen molar-refractivity contribution >= 4 is 22.9 Å². The molecule has 0 bridgehead atoms. The fourth-order valence-electron chi connectivity index (χ4n) is 3.32. The first-order valence-corrected chi connectivity index (χ1v) is 8.89. The average molecular weight is 393 g/mol. The minimum absolute atomic E-state index is 0.0327. The van der Waals surface area contributed by atoms with Gasteiger partial charge in [0.15, 0.2) is 17.3 Å². The number of para-hydroxylation sites is 2. The second-order valence-corrected chi connectivity index (χ2v) is 6.75. The highest BCUT2D eigenvalue weighted by molar-refractivity contribution is 5.88. The highest BCUT2D eigenvalue weighted by Crippen LogP contribution is 2.29. The van der Waals surface area contributed by atoms with Crippen molar-refractivity contribution in [1.29, 1.82) is 0 Å². The number of urea groups is 1. The quantitative estimate of drug-likeness (QED) is 0.730. The summed E-state index contributed by atoms with van der Waals surface area (Å²) < 4.78 is 43.8. The van der Waals surface area contributed by atoms with Crippen LogP contribution in [0.1, 0.15) is 24.7 Å². The van der Waals surface area contributed by atoms with Crippen LogP contribution in [0, 0.1) is 0 Å². The van der Waals surface area contributed by atoms with Crippen molar-refractivity contribution in [3.05, 3.63) is 42.4 Å². The number of rotatable bonds is 3. The Kier molecular flexibility index (Phi) is 4.70. The molecule has 0 saturated carbocycles. The van der Waals surface area contributed by atoms with Gasteiger partial charge in [-0.2, -0.15) is 18.3 Å². The topological polar surface area (TPSA) is 76.2 Å². The van der Waals surface area contributed by atoms with Crippen LogP contribution in [0.15, 0.2) is 40.9 Å². The van der Waals surface area contributed by atoms with Crippen molar-refractivity contribution < 1.29 is 22.4 Å². The third-order valence-electron chi connectivity index (χ3n) is 4.59. The lowest BCUT2D eigenvalue weighted by Gasteiger charge is -2.31. The zero-order valence-electron chi connectivity index (χ0n) is 14.8. The number of oxazole rings is 1. The van der Waals surface area contributed by atoms with Crippen LogP contribution in [0.3, 0.4) is 0 Å². The van der Waals surface area contributed by atoms with E-state index < -0.39 is 18.8 Å². The van der Waals surface area contributed by atoms with E-state index in [1.807, 2.05) is 24.3 Å². The van der Waals surface area contributed by atoms with E-state index in [1.165, 1.54) is 12.3 Å². The molecule has 10 heteroatoms. The van der Waals surface area contributed by atoms with Gasteiger partial charge >= 0.3 is 12.2 Å². The molecule has 28 heavy (non-hydrogen) atoms. The van der Waals surface area contributed by atoms with Crippen LogP contribution in [0.4, 0.5) is 23.8 Å². The molecular weight excluding hydrogens is 375 g/mol. The van der Waals surface area contributed by atoms with Crippen LogP contribution in [-0.4, -0.2) is 45.0 Å². The normalized spacial score (nSPS) is 17.8. The van der Waals surface area contributed by atoms with Gasteiger partial charge in [-0.25, -0.2) is 9.78 Å². The number of nitrogens with one attached hydrogen (secondary N) is 1. The number of benzene rings is 1. The first kappa shape index (κ1) is 18.3. The van der Waals surface area contributed by atoms with Gasteiger partial charge in [0.25, 0.3) is 0 Å². The summed E-state index contributed by atoms with van der Waals surface area (Å²) in [5, 5.41) is 6.30. The zero-order chi connectivity index (χ0) is 19.7. The molecule has 1 aliphatic heterocycles. The number of carbonyl (C=O) groups is 1. The molecule has 4 rings (SSSR count). The molecule has 1 aliphatic rings. The molecule has 0 spiro atoms. The Morgan fingerprint density at radius 3 is 2.89 bits per heavy atom. The number of amides is 2. The molecule has 1 N–H and O–H groups in total. The van der Waals surface area contributed by atoms with Crippen molar-refractivity contribution in [2.45, 2.75) is 31.5 Å². The summed E-state index contributed by atoms with van der Waals surface area (Å²) in [4.78, 5) is 18.6. The Labute approximate surface area is 158 Å². The lowest BCUT2D eigenvalue weighted by molar-refractivity contribution is -0.142. The fraction of sp³-hybridized carbons (Fsp3) is 0.389. The first-order valence-electron chi connectivity index (χ1n) is 8.89. The van der Waals surface area contributed by atoms with Gasteiger partial charge in [-0.15, -0.1) is 0 Å².